The third-order valence-corrected chi connectivity index (χ3v) is 4.26. The molecule has 0 aliphatic heterocycles. The van der Waals surface area contributed by atoms with Gasteiger partial charge in [-0.05, 0) is 42.2 Å². The second-order valence-electron chi connectivity index (χ2n) is 6.15. The molecule has 1 aliphatic rings. The fourth-order valence-corrected chi connectivity index (χ4v) is 3.49. The van der Waals surface area contributed by atoms with Gasteiger partial charge in [0.25, 0.3) is 0 Å². The van der Waals surface area contributed by atoms with E-state index >= 15 is 0 Å². The second-order valence-corrected chi connectivity index (χ2v) is 6.15. The van der Waals surface area contributed by atoms with Crippen LogP contribution < -0.4 is 0 Å². The van der Waals surface area contributed by atoms with Crippen molar-refractivity contribution in [2.45, 2.75) is 52.1 Å². The van der Waals surface area contributed by atoms with Crippen molar-refractivity contribution in [2.75, 3.05) is 0 Å². The van der Waals surface area contributed by atoms with E-state index in [2.05, 4.69) is 20.8 Å². The molecule has 2 nitrogen and oxygen atoms in total. The number of rotatable bonds is 3. The van der Waals surface area contributed by atoms with Crippen molar-refractivity contribution >= 4 is 0 Å². The molecule has 0 radical (unpaired) electrons. The molecule has 0 amide bonds. The van der Waals surface area contributed by atoms with Gasteiger partial charge in [-0.2, -0.15) is 0 Å². The average Bonchev–Trinajstić information content (AvgIpc) is 2.68. The summed E-state index contributed by atoms with van der Waals surface area (Å²) in [4.78, 5) is 0. The molecule has 1 saturated carbocycles. The van der Waals surface area contributed by atoms with E-state index < -0.39 is 5.60 Å². The predicted molar refractivity (Wildman–Crippen MR) is 68.7 cm³/mol. The third-order valence-electron chi connectivity index (χ3n) is 4.26. The molecule has 2 heteroatoms. The van der Waals surface area contributed by atoms with E-state index in [0.29, 0.717) is 17.8 Å². The number of aliphatic hydroxyl groups is 1. The van der Waals surface area contributed by atoms with Crippen LogP contribution in [0, 0.1) is 17.8 Å². The van der Waals surface area contributed by atoms with Gasteiger partial charge in [0.2, 0.25) is 0 Å². The number of hydrogen-bond acceptors (Lipinski definition) is 2. The molecule has 1 heterocycles. The predicted octanol–water partition coefficient (Wildman–Crippen LogP) is 3.65. The molecule has 3 atom stereocenters. The third kappa shape index (κ3) is 2.74. The summed E-state index contributed by atoms with van der Waals surface area (Å²) in [6, 6.07) is 1.97. The zero-order valence-corrected chi connectivity index (χ0v) is 11.1. The molecule has 1 fully saturated rings. The molecule has 1 aromatic rings. The van der Waals surface area contributed by atoms with Crippen LogP contribution in [0.2, 0.25) is 0 Å². The smallest absolute Gasteiger partial charge is 0.0935 e. The summed E-state index contributed by atoms with van der Waals surface area (Å²) in [5.41, 5.74) is 0.572. The minimum absolute atomic E-state index is 0.411. The lowest BCUT2D eigenvalue weighted by Gasteiger charge is -2.44. The number of hydrogen-bond donors (Lipinski definition) is 1. The molecule has 1 N–H and O–H groups in total. The molecule has 0 bridgehead atoms. The van der Waals surface area contributed by atoms with Gasteiger partial charge < -0.3 is 9.52 Å². The Bertz CT molecular complexity index is 342. The molecular weight excluding hydrogens is 212 g/mol. The summed E-state index contributed by atoms with van der Waals surface area (Å²) in [5.74, 6) is 1.58. The maximum absolute atomic E-state index is 11.0. The van der Waals surface area contributed by atoms with Crippen LogP contribution >= 0.6 is 0 Å². The quantitative estimate of drug-likeness (QED) is 0.869. The molecule has 0 saturated heterocycles. The van der Waals surface area contributed by atoms with Crippen molar-refractivity contribution in [3.05, 3.63) is 24.2 Å². The Labute approximate surface area is 104 Å². The van der Waals surface area contributed by atoms with E-state index in [4.69, 9.17) is 4.42 Å². The first-order valence-corrected chi connectivity index (χ1v) is 6.75. The van der Waals surface area contributed by atoms with Crippen LogP contribution in [0.4, 0.5) is 0 Å². The molecule has 0 aromatic carbocycles. The Morgan fingerprint density at radius 2 is 2.24 bits per heavy atom. The highest BCUT2D eigenvalue weighted by molar-refractivity contribution is 5.11. The largest absolute Gasteiger partial charge is 0.472 e. The fourth-order valence-electron chi connectivity index (χ4n) is 3.49. The highest BCUT2D eigenvalue weighted by atomic mass is 16.3. The Kier molecular flexibility index (Phi) is 3.62. The van der Waals surface area contributed by atoms with Gasteiger partial charge in [0.1, 0.15) is 0 Å². The van der Waals surface area contributed by atoms with E-state index in [-0.39, 0.29) is 0 Å². The fraction of sp³-hybridized carbons (Fsp3) is 0.733. The summed E-state index contributed by atoms with van der Waals surface area (Å²) in [5, 5.41) is 11.0. The summed E-state index contributed by atoms with van der Waals surface area (Å²) in [6.45, 7) is 6.69. The summed E-state index contributed by atoms with van der Waals surface area (Å²) < 4.78 is 5.11. The van der Waals surface area contributed by atoms with Gasteiger partial charge in [0, 0.05) is 6.42 Å². The van der Waals surface area contributed by atoms with Crippen molar-refractivity contribution in [1.82, 2.24) is 0 Å². The lowest BCUT2D eigenvalue weighted by molar-refractivity contribution is -0.0795. The molecule has 17 heavy (non-hydrogen) atoms. The Balaban J connectivity index is 2.16. The van der Waals surface area contributed by atoms with Gasteiger partial charge in [-0.1, -0.05) is 27.2 Å². The van der Waals surface area contributed by atoms with Crippen LogP contribution in [-0.4, -0.2) is 10.7 Å². The van der Waals surface area contributed by atoms with E-state index in [0.717, 1.165) is 24.8 Å². The van der Waals surface area contributed by atoms with Crippen molar-refractivity contribution in [3.8, 4) is 0 Å². The topological polar surface area (TPSA) is 33.4 Å². The normalized spacial score (nSPS) is 34.2. The van der Waals surface area contributed by atoms with Gasteiger partial charge >= 0.3 is 0 Å². The van der Waals surface area contributed by atoms with Gasteiger partial charge in [0.05, 0.1) is 18.1 Å². The minimum atomic E-state index is -0.546. The Hall–Kier alpha value is -0.760. The molecule has 0 spiro atoms. The lowest BCUT2D eigenvalue weighted by Crippen LogP contribution is -2.47. The first-order valence-electron chi connectivity index (χ1n) is 6.75. The van der Waals surface area contributed by atoms with E-state index in [1.807, 2.05) is 6.07 Å². The van der Waals surface area contributed by atoms with Crippen LogP contribution in [0.15, 0.2) is 23.0 Å². The summed E-state index contributed by atoms with van der Waals surface area (Å²) in [7, 11) is 0. The average molecular weight is 236 g/mol. The van der Waals surface area contributed by atoms with Crippen molar-refractivity contribution in [3.63, 3.8) is 0 Å². The minimum Gasteiger partial charge on any atom is -0.472 e. The Morgan fingerprint density at radius 3 is 2.82 bits per heavy atom. The molecule has 1 aromatic heterocycles. The van der Waals surface area contributed by atoms with Crippen LogP contribution in [-0.2, 0) is 6.42 Å². The monoisotopic (exact) mass is 236 g/mol. The number of furan rings is 1. The van der Waals surface area contributed by atoms with Gasteiger partial charge in [-0.3, -0.25) is 0 Å². The molecule has 2 rings (SSSR count). The van der Waals surface area contributed by atoms with Crippen molar-refractivity contribution < 1.29 is 9.52 Å². The summed E-state index contributed by atoms with van der Waals surface area (Å²) >= 11 is 0. The highest BCUT2D eigenvalue weighted by Crippen LogP contribution is 2.42. The second kappa shape index (κ2) is 4.85. The molecule has 96 valence electrons. The van der Waals surface area contributed by atoms with Crippen LogP contribution in [0.3, 0.4) is 0 Å². The highest BCUT2D eigenvalue weighted by Gasteiger charge is 2.42. The molecule has 1 aliphatic carbocycles. The van der Waals surface area contributed by atoms with Crippen LogP contribution in [0.5, 0.6) is 0 Å². The maximum atomic E-state index is 11.0. The van der Waals surface area contributed by atoms with Gasteiger partial charge in [-0.15, -0.1) is 0 Å². The van der Waals surface area contributed by atoms with Crippen molar-refractivity contribution in [1.29, 1.82) is 0 Å². The van der Waals surface area contributed by atoms with E-state index in [9.17, 15) is 5.11 Å². The van der Waals surface area contributed by atoms with Crippen molar-refractivity contribution in [2.24, 2.45) is 17.8 Å². The SMILES string of the molecule is CC1CCC(C(C)C)C(O)(Cc2ccoc2)C1. The molecule has 3 unspecified atom stereocenters. The standard InChI is InChI=1S/C15H24O2/c1-11(2)14-5-4-12(3)8-15(14,16)9-13-6-7-17-10-13/h6-7,10-12,14,16H,4-5,8-9H2,1-3H3. The first-order chi connectivity index (χ1) is 8.01. The van der Waals surface area contributed by atoms with Crippen LogP contribution in [0.1, 0.15) is 45.6 Å². The maximum Gasteiger partial charge on any atom is 0.0935 e. The zero-order chi connectivity index (χ0) is 12.5. The van der Waals surface area contributed by atoms with Crippen LogP contribution in [0.25, 0.3) is 0 Å². The first kappa shape index (κ1) is 12.7. The van der Waals surface area contributed by atoms with E-state index in [1.54, 1.807) is 12.5 Å². The molecular formula is C15H24O2. The lowest BCUT2D eigenvalue weighted by atomic mass is 9.65. The zero-order valence-electron chi connectivity index (χ0n) is 11.1. The van der Waals surface area contributed by atoms with E-state index in [1.165, 1.54) is 6.42 Å². The van der Waals surface area contributed by atoms with Gasteiger partial charge in [-0.25, -0.2) is 0 Å². The van der Waals surface area contributed by atoms with Gasteiger partial charge in [0.15, 0.2) is 0 Å². The summed E-state index contributed by atoms with van der Waals surface area (Å²) in [6.07, 6.45) is 7.49. The Morgan fingerprint density at radius 1 is 1.47 bits per heavy atom.